The van der Waals surface area contributed by atoms with Crippen molar-refractivity contribution in [3.8, 4) is 0 Å². The summed E-state index contributed by atoms with van der Waals surface area (Å²) in [4.78, 5) is 25.4. The number of benzene rings is 2. The molecule has 1 amide bonds. The SMILES string of the molecule is CN(C(=O)c1nc(N2CCCC2)ncc1Cl)c1ccc2ccccc2c1. The van der Waals surface area contributed by atoms with E-state index in [1.54, 1.807) is 11.9 Å². The molecular weight excluding hydrogens is 348 g/mol. The van der Waals surface area contributed by atoms with Crippen LogP contribution in [0.1, 0.15) is 23.3 Å². The highest BCUT2D eigenvalue weighted by Gasteiger charge is 2.22. The molecular formula is C20H19ClN4O. The van der Waals surface area contributed by atoms with E-state index in [-0.39, 0.29) is 16.6 Å². The van der Waals surface area contributed by atoms with E-state index in [0.717, 1.165) is 42.4 Å². The lowest BCUT2D eigenvalue weighted by Crippen LogP contribution is -2.29. The minimum atomic E-state index is -0.242. The van der Waals surface area contributed by atoms with Gasteiger partial charge in [-0.1, -0.05) is 41.9 Å². The van der Waals surface area contributed by atoms with E-state index in [2.05, 4.69) is 14.9 Å². The second-order valence-electron chi connectivity index (χ2n) is 6.46. The van der Waals surface area contributed by atoms with Crippen LogP contribution in [0.5, 0.6) is 0 Å². The second-order valence-corrected chi connectivity index (χ2v) is 6.86. The Bertz CT molecular complexity index is 969. The molecule has 1 fully saturated rings. The average Bonchev–Trinajstić information content (AvgIpc) is 3.21. The second kappa shape index (κ2) is 6.92. The van der Waals surface area contributed by atoms with Crippen molar-refractivity contribution in [1.29, 1.82) is 0 Å². The first-order valence-corrected chi connectivity index (χ1v) is 9.05. The van der Waals surface area contributed by atoms with Crippen LogP contribution in [0.3, 0.4) is 0 Å². The molecule has 0 N–H and O–H groups in total. The van der Waals surface area contributed by atoms with Gasteiger partial charge in [-0.3, -0.25) is 4.79 Å². The van der Waals surface area contributed by atoms with Crippen LogP contribution in [0.25, 0.3) is 10.8 Å². The topological polar surface area (TPSA) is 49.3 Å². The van der Waals surface area contributed by atoms with Gasteiger partial charge in [-0.2, -0.15) is 0 Å². The predicted octanol–water partition coefficient (Wildman–Crippen LogP) is 4.16. The van der Waals surface area contributed by atoms with Gasteiger partial charge in [0.05, 0.1) is 11.2 Å². The molecule has 0 radical (unpaired) electrons. The lowest BCUT2D eigenvalue weighted by atomic mass is 10.1. The van der Waals surface area contributed by atoms with Crippen LogP contribution in [0.15, 0.2) is 48.7 Å². The molecule has 1 aliphatic rings. The maximum absolute atomic E-state index is 13.0. The van der Waals surface area contributed by atoms with Crippen molar-refractivity contribution in [2.45, 2.75) is 12.8 Å². The number of hydrogen-bond donors (Lipinski definition) is 0. The van der Waals surface area contributed by atoms with Crippen LogP contribution in [-0.4, -0.2) is 36.0 Å². The first-order chi connectivity index (χ1) is 12.6. The van der Waals surface area contributed by atoms with Crippen LogP contribution >= 0.6 is 11.6 Å². The molecule has 1 aromatic heterocycles. The third-order valence-electron chi connectivity index (χ3n) is 4.75. The highest BCUT2D eigenvalue weighted by atomic mass is 35.5. The zero-order chi connectivity index (χ0) is 18.1. The molecule has 3 aromatic rings. The van der Waals surface area contributed by atoms with Gasteiger partial charge in [-0.25, -0.2) is 9.97 Å². The Morgan fingerprint density at radius 2 is 1.85 bits per heavy atom. The number of fused-ring (bicyclic) bond motifs is 1. The molecule has 0 saturated carbocycles. The molecule has 26 heavy (non-hydrogen) atoms. The molecule has 0 unspecified atom stereocenters. The van der Waals surface area contributed by atoms with Crippen molar-refractivity contribution in [2.24, 2.45) is 0 Å². The summed E-state index contributed by atoms with van der Waals surface area (Å²) in [5.41, 5.74) is 1.03. The number of nitrogens with zero attached hydrogens (tertiary/aromatic N) is 4. The first-order valence-electron chi connectivity index (χ1n) is 8.68. The Labute approximate surface area is 157 Å². The lowest BCUT2D eigenvalue weighted by molar-refractivity contribution is 0.0988. The fourth-order valence-electron chi connectivity index (χ4n) is 3.24. The van der Waals surface area contributed by atoms with Gasteiger partial charge in [-0.05, 0) is 35.7 Å². The van der Waals surface area contributed by atoms with Gasteiger partial charge >= 0.3 is 0 Å². The molecule has 1 saturated heterocycles. The van der Waals surface area contributed by atoms with Crippen molar-refractivity contribution >= 4 is 39.9 Å². The van der Waals surface area contributed by atoms with Gasteiger partial charge in [0, 0.05) is 25.8 Å². The molecule has 0 bridgehead atoms. The standard InChI is InChI=1S/C20H19ClN4O/c1-24(16-9-8-14-6-2-3-7-15(14)12-16)19(26)18-17(21)13-22-20(23-18)25-10-4-5-11-25/h2-3,6-9,12-13H,4-5,10-11H2,1H3. The number of anilines is 2. The Balaban J connectivity index is 1.66. The van der Waals surface area contributed by atoms with Crippen LogP contribution < -0.4 is 9.80 Å². The Hall–Kier alpha value is -2.66. The van der Waals surface area contributed by atoms with Crippen molar-refractivity contribution in [2.75, 3.05) is 29.9 Å². The van der Waals surface area contributed by atoms with E-state index in [1.807, 2.05) is 42.5 Å². The maximum Gasteiger partial charge on any atom is 0.278 e. The number of carbonyl (C=O) groups excluding carboxylic acids is 1. The third-order valence-corrected chi connectivity index (χ3v) is 5.02. The van der Waals surface area contributed by atoms with Crippen LogP contribution in [0, 0.1) is 0 Å². The number of hydrogen-bond acceptors (Lipinski definition) is 4. The van der Waals surface area contributed by atoms with Gasteiger partial charge in [0.15, 0.2) is 5.69 Å². The third kappa shape index (κ3) is 3.10. The van der Waals surface area contributed by atoms with Gasteiger partial charge < -0.3 is 9.80 Å². The largest absolute Gasteiger partial charge is 0.341 e. The van der Waals surface area contributed by atoms with Crippen LogP contribution in [0.2, 0.25) is 5.02 Å². The predicted molar refractivity (Wildman–Crippen MR) is 105 cm³/mol. The highest BCUT2D eigenvalue weighted by molar-refractivity contribution is 6.34. The van der Waals surface area contributed by atoms with E-state index in [0.29, 0.717) is 5.95 Å². The van der Waals surface area contributed by atoms with E-state index >= 15 is 0 Å². The normalized spacial score (nSPS) is 14.0. The summed E-state index contributed by atoms with van der Waals surface area (Å²) in [7, 11) is 1.74. The van der Waals surface area contributed by atoms with Crippen LogP contribution in [-0.2, 0) is 0 Å². The summed E-state index contributed by atoms with van der Waals surface area (Å²) < 4.78 is 0. The van der Waals surface area contributed by atoms with Crippen molar-refractivity contribution in [3.05, 3.63) is 59.4 Å². The zero-order valence-corrected chi connectivity index (χ0v) is 15.3. The van der Waals surface area contributed by atoms with Crippen molar-refractivity contribution < 1.29 is 4.79 Å². The maximum atomic E-state index is 13.0. The molecule has 0 atom stereocenters. The minimum Gasteiger partial charge on any atom is -0.341 e. The van der Waals surface area contributed by atoms with E-state index in [1.165, 1.54) is 6.20 Å². The Kier molecular flexibility index (Phi) is 4.47. The minimum absolute atomic E-state index is 0.235. The summed E-state index contributed by atoms with van der Waals surface area (Å²) in [5.74, 6) is 0.329. The summed E-state index contributed by atoms with van der Waals surface area (Å²) in [6, 6.07) is 14.0. The van der Waals surface area contributed by atoms with E-state index < -0.39 is 0 Å². The molecule has 0 spiro atoms. The number of carbonyl (C=O) groups is 1. The summed E-state index contributed by atoms with van der Waals surface area (Å²) in [5, 5.41) is 2.48. The van der Waals surface area contributed by atoms with Crippen LogP contribution in [0.4, 0.5) is 11.6 Å². The molecule has 132 valence electrons. The van der Waals surface area contributed by atoms with Gasteiger partial charge in [0.1, 0.15) is 0 Å². The number of amides is 1. The molecule has 0 aliphatic carbocycles. The van der Waals surface area contributed by atoms with Gasteiger partial charge in [0.25, 0.3) is 5.91 Å². The van der Waals surface area contributed by atoms with Gasteiger partial charge in [-0.15, -0.1) is 0 Å². The molecule has 6 heteroatoms. The Morgan fingerprint density at radius 3 is 2.62 bits per heavy atom. The number of halogens is 1. The fraction of sp³-hybridized carbons (Fsp3) is 0.250. The first kappa shape index (κ1) is 16.8. The quantitative estimate of drug-likeness (QED) is 0.698. The van der Waals surface area contributed by atoms with Crippen molar-refractivity contribution in [3.63, 3.8) is 0 Å². The summed E-state index contributed by atoms with van der Waals surface area (Å²) >= 11 is 6.23. The summed E-state index contributed by atoms with van der Waals surface area (Å²) in [6.07, 6.45) is 3.75. The molecule has 2 aromatic carbocycles. The molecule has 2 heterocycles. The smallest absolute Gasteiger partial charge is 0.278 e. The number of aromatic nitrogens is 2. The zero-order valence-electron chi connectivity index (χ0n) is 14.5. The van der Waals surface area contributed by atoms with E-state index in [9.17, 15) is 4.79 Å². The van der Waals surface area contributed by atoms with E-state index in [4.69, 9.17) is 11.6 Å². The van der Waals surface area contributed by atoms with Gasteiger partial charge in [0.2, 0.25) is 5.95 Å². The molecule has 1 aliphatic heterocycles. The summed E-state index contributed by atoms with van der Waals surface area (Å²) in [6.45, 7) is 1.82. The Morgan fingerprint density at radius 1 is 1.12 bits per heavy atom. The van der Waals surface area contributed by atoms with Crippen molar-refractivity contribution in [1.82, 2.24) is 9.97 Å². The average molecular weight is 367 g/mol. The highest BCUT2D eigenvalue weighted by Crippen LogP contribution is 2.25. The lowest BCUT2D eigenvalue weighted by Gasteiger charge is -2.20. The fourth-order valence-corrected chi connectivity index (χ4v) is 3.41. The molecule has 5 nitrogen and oxygen atoms in total. The molecule has 4 rings (SSSR count). The monoisotopic (exact) mass is 366 g/mol. The number of rotatable bonds is 3.